The molecule has 2 aliphatic rings. The predicted octanol–water partition coefficient (Wildman–Crippen LogP) is 3.83. The van der Waals surface area contributed by atoms with Gasteiger partial charge in [-0.15, -0.1) is 4.91 Å². The zero-order valence-electron chi connectivity index (χ0n) is 18.6. The van der Waals surface area contributed by atoms with Crippen molar-refractivity contribution in [2.75, 3.05) is 26.2 Å². The summed E-state index contributed by atoms with van der Waals surface area (Å²) < 4.78 is 1.87. The molecule has 1 aliphatic carbocycles. The maximum atomic E-state index is 13.3. The molecule has 4 rings (SSSR count). The Morgan fingerprint density at radius 1 is 0.969 bits per heavy atom. The lowest BCUT2D eigenvalue weighted by Gasteiger charge is -2.37. The van der Waals surface area contributed by atoms with Crippen LogP contribution in [-0.4, -0.2) is 52.4 Å². The third-order valence-electron chi connectivity index (χ3n) is 6.19. The Kier molecular flexibility index (Phi) is 5.95. The number of aromatic nitrogens is 1. The van der Waals surface area contributed by atoms with Crippen LogP contribution in [-0.2, 0) is 0 Å². The Hall–Kier alpha value is -3.66. The first kappa shape index (κ1) is 21.6. The van der Waals surface area contributed by atoms with Crippen LogP contribution in [0.5, 0.6) is 0 Å². The van der Waals surface area contributed by atoms with Crippen molar-refractivity contribution < 1.29 is 9.59 Å². The number of hydrogen-bond donors (Lipinski definition) is 0. The van der Waals surface area contributed by atoms with Gasteiger partial charge in [-0.25, -0.2) is 0 Å². The molecule has 0 bridgehead atoms. The number of nitrogens with zero attached hydrogens (tertiary/aromatic N) is 4. The minimum Gasteiger partial charge on any atom is -0.361 e. The van der Waals surface area contributed by atoms with Crippen molar-refractivity contribution in [3.8, 4) is 17.5 Å². The van der Waals surface area contributed by atoms with E-state index >= 15 is 0 Å². The fraction of sp³-hybridized carbons (Fsp3) is 0.360. The van der Waals surface area contributed by atoms with Crippen LogP contribution < -0.4 is 0 Å². The SMILES string of the molecule is CC1=C(N2CCN(C(=O)c3ccc(C(=O)N=O)c(-n4c(C)ccc4C)c3)CC2)C#CCC1. The normalized spacial score (nSPS) is 16.0. The summed E-state index contributed by atoms with van der Waals surface area (Å²) in [6.45, 7) is 8.63. The summed E-state index contributed by atoms with van der Waals surface area (Å²) in [5.74, 6) is 5.49. The van der Waals surface area contributed by atoms with Gasteiger partial charge < -0.3 is 14.4 Å². The van der Waals surface area contributed by atoms with Crippen LogP contribution in [0.3, 0.4) is 0 Å². The molecule has 1 aliphatic heterocycles. The van der Waals surface area contributed by atoms with Gasteiger partial charge in [-0.2, -0.15) is 0 Å². The van der Waals surface area contributed by atoms with E-state index in [1.54, 1.807) is 12.1 Å². The van der Waals surface area contributed by atoms with Crippen LogP contribution in [0.1, 0.15) is 51.9 Å². The monoisotopic (exact) mass is 430 g/mol. The smallest absolute Gasteiger partial charge is 0.318 e. The van der Waals surface area contributed by atoms with E-state index in [-0.39, 0.29) is 11.5 Å². The molecular formula is C25H26N4O3. The molecule has 0 saturated carbocycles. The number of nitroso groups, excluding NO2 is 1. The standard InChI is InChI=1S/C25H26N4O3/c1-17-6-4-5-7-22(17)27-12-14-28(15-13-27)25(31)20-10-11-21(24(30)26-32)23(16-20)29-18(2)8-9-19(29)3/h8-11,16H,4,6,12-15H2,1-3H3. The molecule has 0 radical (unpaired) electrons. The summed E-state index contributed by atoms with van der Waals surface area (Å²) in [6.07, 6.45) is 1.91. The molecular weight excluding hydrogens is 404 g/mol. The fourth-order valence-electron chi connectivity index (χ4n) is 4.41. The van der Waals surface area contributed by atoms with Crippen molar-refractivity contribution in [3.05, 3.63) is 69.0 Å². The third kappa shape index (κ3) is 3.96. The number of carbonyl (C=O) groups is 2. The first-order chi connectivity index (χ1) is 15.4. The van der Waals surface area contributed by atoms with E-state index in [2.05, 4.69) is 28.8 Å². The first-order valence-electron chi connectivity index (χ1n) is 10.8. The Bertz CT molecular complexity index is 1170. The lowest BCUT2D eigenvalue weighted by atomic mass is 10.0. The molecule has 164 valence electrons. The lowest BCUT2D eigenvalue weighted by Crippen LogP contribution is -2.48. The van der Waals surface area contributed by atoms with Gasteiger partial charge >= 0.3 is 5.91 Å². The minimum absolute atomic E-state index is 0.0909. The van der Waals surface area contributed by atoms with Gasteiger partial charge in [-0.05, 0) is 69.0 Å². The second kappa shape index (κ2) is 8.83. The molecule has 2 aromatic rings. The molecule has 0 atom stereocenters. The zero-order valence-corrected chi connectivity index (χ0v) is 18.6. The highest BCUT2D eigenvalue weighted by molar-refractivity contribution is 6.01. The molecule has 1 fully saturated rings. The van der Waals surface area contributed by atoms with E-state index in [9.17, 15) is 14.5 Å². The molecule has 32 heavy (non-hydrogen) atoms. The summed E-state index contributed by atoms with van der Waals surface area (Å²) in [4.78, 5) is 40.5. The highest BCUT2D eigenvalue weighted by Crippen LogP contribution is 2.25. The average molecular weight is 431 g/mol. The molecule has 2 amide bonds. The summed E-state index contributed by atoms with van der Waals surface area (Å²) in [7, 11) is 0. The lowest BCUT2D eigenvalue weighted by molar-refractivity contribution is 0.0672. The number of allylic oxidation sites excluding steroid dienone is 2. The van der Waals surface area contributed by atoms with E-state index < -0.39 is 5.91 Å². The molecule has 1 aromatic carbocycles. The van der Waals surface area contributed by atoms with Gasteiger partial charge in [0.15, 0.2) is 0 Å². The van der Waals surface area contributed by atoms with Gasteiger partial charge in [0.2, 0.25) is 0 Å². The van der Waals surface area contributed by atoms with Crippen LogP contribution in [0.2, 0.25) is 0 Å². The minimum atomic E-state index is -0.850. The summed E-state index contributed by atoms with van der Waals surface area (Å²) >= 11 is 0. The van der Waals surface area contributed by atoms with Gasteiger partial charge in [0, 0.05) is 54.7 Å². The molecule has 2 heterocycles. The maximum Gasteiger partial charge on any atom is 0.318 e. The number of amides is 2. The van der Waals surface area contributed by atoms with Crippen molar-refractivity contribution in [1.29, 1.82) is 0 Å². The van der Waals surface area contributed by atoms with Crippen molar-refractivity contribution in [1.82, 2.24) is 14.4 Å². The molecule has 1 saturated heterocycles. The molecule has 7 heteroatoms. The highest BCUT2D eigenvalue weighted by Gasteiger charge is 2.26. The van der Waals surface area contributed by atoms with Crippen LogP contribution in [0.4, 0.5) is 0 Å². The Balaban J connectivity index is 1.59. The first-order valence-corrected chi connectivity index (χ1v) is 10.8. The summed E-state index contributed by atoms with van der Waals surface area (Å²) in [5, 5.41) is 2.59. The zero-order chi connectivity index (χ0) is 22.8. The van der Waals surface area contributed by atoms with E-state index in [0.717, 1.165) is 43.0 Å². The maximum absolute atomic E-state index is 13.3. The second-order valence-corrected chi connectivity index (χ2v) is 8.29. The number of rotatable bonds is 4. The van der Waals surface area contributed by atoms with Crippen molar-refractivity contribution in [2.24, 2.45) is 5.18 Å². The van der Waals surface area contributed by atoms with E-state index in [1.165, 1.54) is 11.6 Å². The fourth-order valence-corrected chi connectivity index (χ4v) is 4.41. The van der Waals surface area contributed by atoms with Crippen LogP contribution >= 0.6 is 0 Å². The number of hydrogen-bond acceptors (Lipinski definition) is 4. The average Bonchev–Trinajstić information content (AvgIpc) is 3.16. The predicted molar refractivity (Wildman–Crippen MR) is 123 cm³/mol. The van der Waals surface area contributed by atoms with Crippen LogP contribution in [0.15, 0.2) is 46.8 Å². The van der Waals surface area contributed by atoms with Crippen molar-refractivity contribution in [2.45, 2.75) is 33.6 Å². The molecule has 1 aromatic heterocycles. The van der Waals surface area contributed by atoms with E-state index in [1.807, 2.05) is 35.4 Å². The number of carbonyl (C=O) groups excluding carboxylic acids is 2. The van der Waals surface area contributed by atoms with Crippen LogP contribution in [0.25, 0.3) is 5.69 Å². The van der Waals surface area contributed by atoms with E-state index in [0.29, 0.717) is 24.3 Å². The number of aryl methyl sites for hydroxylation is 2. The van der Waals surface area contributed by atoms with Crippen LogP contribution in [0, 0.1) is 30.6 Å². The van der Waals surface area contributed by atoms with Gasteiger partial charge in [0.1, 0.15) is 0 Å². The highest BCUT2D eigenvalue weighted by atomic mass is 16.3. The summed E-state index contributed by atoms with van der Waals surface area (Å²) in [6, 6.07) is 8.66. The Labute approximate surface area is 187 Å². The van der Waals surface area contributed by atoms with Gasteiger partial charge in [-0.3, -0.25) is 9.59 Å². The largest absolute Gasteiger partial charge is 0.361 e. The number of benzene rings is 1. The van der Waals surface area contributed by atoms with Gasteiger partial charge in [0.25, 0.3) is 5.91 Å². The van der Waals surface area contributed by atoms with E-state index in [4.69, 9.17) is 0 Å². The second-order valence-electron chi connectivity index (χ2n) is 8.29. The molecule has 0 unspecified atom stereocenters. The Morgan fingerprint density at radius 2 is 1.66 bits per heavy atom. The Morgan fingerprint density at radius 3 is 2.28 bits per heavy atom. The molecule has 7 nitrogen and oxygen atoms in total. The quantitative estimate of drug-likeness (QED) is 0.546. The van der Waals surface area contributed by atoms with Gasteiger partial charge in [0.05, 0.1) is 16.9 Å². The molecule has 0 N–H and O–H groups in total. The topological polar surface area (TPSA) is 75.0 Å². The third-order valence-corrected chi connectivity index (χ3v) is 6.19. The van der Waals surface area contributed by atoms with Crippen molar-refractivity contribution in [3.63, 3.8) is 0 Å². The van der Waals surface area contributed by atoms with Gasteiger partial charge in [-0.1, -0.05) is 5.92 Å². The van der Waals surface area contributed by atoms with Crippen molar-refractivity contribution >= 4 is 11.8 Å². The number of piperazine rings is 1. The molecule has 0 spiro atoms. The summed E-state index contributed by atoms with van der Waals surface area (Å²) in [5.41, 5.74) is 5.38.